The molecule has 0 amide bonds. The average Bonchev–Trinajstić information content (AvgIpc) is 2.52. The maximum atomic E-state index is 4.86. The quantitative estimate of drug-likeness (QED) is 0.517. The van der Waals surface area contributed by atoms with Crippen molar-refractivity contribution >= 4 is 10.8 Å². The molecule has 1 heterocycles. The van der Waals surface area contributed by atoms with E-state index in [1.54, 1.807) is 0 Å². The molecule has 3 aromatic rings. The molecule has 0 aliphatic carbocycles. The molecular formula is C23H27N. The summed E-state index contributed by atoms with van der Waals surface area (Å²) in [6.07, 6.45) is 2.01. The first-order chi connectivity index (χ1) is 11.3. The molecular weight excluding hydrogens is 290 g/mol. The Morgan fingerprint density at radius 1 is 0.958 bits per heavy atom. The van der Waals surface area contributed by atoms with Crippen LogP contribution in [0.15, 0.2) is 48.7 Å². The second kappa shape index (κ2) is 6.05. The first kappa shape index (κ1) is 16.7. The van der Waals surface area contributed by atoms with Crippen molar-refractivity contribution in [2.45, 2.75) is 52.9 Å². The van der Waals surface area contributed by atoms with Gasteiger partial charge in [0.25, 0.3) is 0 Å². The van der Waals surface area contributed by atoms with Gasteiger partial charge in [0.1, 0.15) is 0 Å². The summed E-state index contributed by atoms with van der Waals surface area (Å²) in [4.78, 5) is 4.86. The van der Waals surface area contributed by atoms with Crippen molar-refractivity contribution in [2.24, 2.45) is 0 Å². The molecule has 0 fully saturated rings. The highest BCUT2D eigenvalue weighted by Gasteiger charge is 2.18. The molecule has 0 aliphatic rings. The third-order valence-corrected chi connectivity index (χ3v) is 4.63. The zero-order chi connectivity index (χ0) is 17.5. The van der Waals surface area contributed by atoms with E-state index in [1.807, 2.05) is 6.20 Å². The lowest BCUT2D eigenvalue weighted by Crippen LogP contribution is -2.11. The van der Waals surface area contributed by atoms with Gasteiger partial charge in [-0.3, -0.25) is 4.98 Å². The van der Waals surface area contributed by atoms with Gasteiger partial charge in [-0.05, 0) is 46.9 Å². The van der Waals surface area contributed by atoms with E-state index in [0.717, 1.165) is 5.69 Å². The van der Waals surface area contributed by atoms with Crippen LogP contribution in [0.5, 0.6) is 0 Å². The van der Waals surface area contributed by atoms with E-state index in [1.165, 1.54) is 33.0 Å². The molecule has 24 heavy (non-hydrogen) atoms. The molecule has 0 aliphatic heterocycles. The van der Waals surface area contributed by atoms with Gasteiger partial charge in [0, 0.05) is 17.1 Å². The number of aromatic nitrogens is 1. The Balaban J connectivity index is 2.30. The van der Waals surface area contributed by atoms with Gasteiger partial charge < -0.3 is 0 Å². The topological polar surface area (TPSA) is 12.9 Å². The van der Waals surface area contributed by atoms with Gasteiger partial charge >= 0.3 is 0 Å². The second-order valence-corrected chi connectivity index (χ2v) is 8.10. The van der Waals surface area contributed by atoms with Crippen LogP contribution in [0, 0.1) is 6.92 Å². The van der Waals surface area contributed by atoms with Crippen molar-refractivity contribution in [3.8, 4) is 11.3 Å². The van der Waals surface area contributed by atoms with Crippen molar-refractivity contribution in [2.75, 3.05) is 0 Å². The van der Waals surface area contributed by atoms with Crippen molar-refractivity contribution in [1.29, 1.82) is 0 Å². The van der Waals surface area contributed by atoms with Gasteiger partial charge in [0.05, 0.1) is 5.69 Å². The van der Waals surface area contributed by atoms with Crippen LogP contribution in [0.1, 0.15) is 57.2 Å². The van der Waals surface area contributed by atoms with Gasteiger partial charge in [-0.1, -0.05) is 70.5 Å². The van der Waals surface area contributed by atoms with Gasteiger partial charge in [-0.15, -0.1) is 0 Å². The maximum absolute atomic E-state index is 4.86. The Morgan fingerprint density at radius 3 is 2.33 bits per heavy atom. The van der Waals surface area contributed by atoms with Crippen molar-refractivity contribution in [1.82, 2.24) is 4.98 Å². The highest BCUT2D eigenvalue weighted by Crippen LogP contribution is 2.35. The Hall–Kier alpha value is -2.15. The summed E-state index contributed by atoms with van der Waals surface area (Å²) in [5, 5.41) is 2.53. The molecule has 0 saturated heterocycles. The summed E-state index contributed by atoms with van der Waals surface area (Å²) in [5.41, 5.74) is 6.49. The number of fused-ring (bicyclic) bond motifs is 1. The van der Waals surface area contributed by atoms with Gasteiger partial charge in [-0.2, -0.15) is 0 Å². The van der Waals surface area contributed by atoms with Crippen LogP contribution >= 0.6 is 0 Å². The molecule has 0 saturated carbocycles. The zero-order valence-electron chi connectivity index (χ0n) is 15.6. The lowest BCUT2D eigenvalue weighted by molar-refractivity contribution is 0.590. The number of hydrogen-bond acceptors (Lipinski definition) is 1. The number of nitrogens with zero attached hydrogens (tertiary/aromatic N) is 1. The maximum Gasteiger partial charge on any atom is 0.0743 e. The normalized spacial score (nSPS) is 12.1. The SMILES string of the molecule is Cc1cc(-c2ncc3ccccc3c2C(C)C)cc(C(C)(C)C)c1. The molecule has 0 radical (unpaired) electrons. The van der Waals surface area contributed by atoms with Gasteiger partial charge in [-0.25, -0.2) is 0 Å². The standard InChI is InChI=1S/C23H27N/c1-15(2)21-20-10-8-7-9-17(20)14-24-22(21)18-11-16(3)12-19(13-18)23(4,5)6/h7-15H,1-6H3. The predicted molar refractivity (Wildman–Crippen MR) is 105 cm³/mol. The lowest BCUT2D eigenvalue weighted by Gasteiger charge is -2.22. The van der Waals surface area contributed by atoms with Crippen LogP contribution in [-0.4, -0.2) is 4.98 Å². The number of aryl methyl sites for hydroxylation is 1. The Morgan fingerprint density at radius 2 is 1.67 bits per heavy atom. The first-order valence-corrected chi connectivity index (χ1v) is 8.77. The minimum absolute atomic E-state index is 0.135. The van der Waals surface area contributed by atoms with Crippen molar-refractivity contribution in [3.05, 3.63) is 65.4 Å². The lowest BCUT2D eigenvalue weighted by atomic mass is 9.83. The van der Waals surface area contributed by atoms with Crippen molar-refractivity contribution in [3.63, 3.8) is 0 Å². The molecule has 1 heteroatoms. The zero-order valence-corrected chi connectivity index (χ0v) is 15.6. The smallest absolute Gasteiger partial charge is 0.0743 e. The summed E-state index contributed by atoms with van der Waals surface area (Å²) in [6.45, 7) is 13.5. The molecule has 0 atom stereocenters. The molecule has 0 N–H and O–H groups in total. The summed E-state index contributed by atoms with van der Waals surface area (Å²) < 4.78 is 0. The minimum atomic E-state index is 0.135. The van der Waals surface area contributed by atoms with E-state index >= 15 is 0 Å². The predicted octanol–water partition coefficient (Wildman–Crippen LogP) is 6.63. The molecule has 3 rings (SSSR count). The minimum Gasteiger partial charge on any atom is -0.255 e. The number of hydrogen-bond donors (Lipinski definition) is 0. The van der Waals surface area contributed by atoms with Crippen LogP contribution in [0.25, 0.3) is 22.0 Å². The highest BCUT2D eigenvalue weighted by molar-refractivity contribution is 5.90. The van der Waals surface area contributed by atoms with Crippen molar-refractivity contribution < 1.29 is 0 Å². The van der Waals surface area contributed by atoms with E-state index in [9.17, 15) is 0 Å². The summed E-state index contributed by atoms with van der Waals surface area (Å²) in [7, 11) is 0. The number of rotatable bonds is 2. The number of benzene rings is 2. The fourth-order valence-electron chi connectivity index (χ4n) is 3.35. The Labute approximate surface area is 145 Å². The number of pyridine rings is 1. The summed E-state index contributed by atoms with van der Waals surface area (Å²) in [6, 6.07) is 15.4. The van der Waals surface area contributed by atoms with E-state index in [4.69, 9.17) is 4.98 Å². The fraction of sp³-hybridized carbons (Fsp3) is 0.348. The van der Waals surface area contributed by atoms with E-state index in [0.29, 0.717) is 5.92 Å². The average molecular weight is 317 g/mol. The molecule has 1 aromatic heterocycles. The van der Waals surface area contributed by atoms with Gasteiger partial charge in [0.2, 0.25) is 0 Å². The largest absolute Gasteiger partial charge is 0.255 e. The van der Waals surface area contributed by atoms with E-state index in [-0.39, 0.29) is 5.41 Å². The van der Waals surface area contributed by atoms with Crippen LogP contribution in [0.3, 0.4) is 0 Å². The summed E-state index contributed by atoms with van der Waals surface area (Å²) >= 11 is 0. The van der Waals surface area contributed by atoms with Crippen LogP contribution in [0.4, 0.5) is 0 Å². The second-order valence-electron chi connectivity index (χ2n) is 8.10. The molecule has 0 spiro atoms. The van der Waals surface area contributed by atoms with Crippen LogP contribution in [0.2, 0.25) is 0 Å². The third kappa shape index (κ3) is 3.08. The Bertz CT molecular complexity index is 882. The van der Waals surface area contributed by atoms with Gasteiger partial charge in [0.15, 0.2) is 0 Å². The molecule has 1 nitrogen and oxygen atoms in total. The van der Waals surface area contributed by atoms with E-state index < -0.39 is 0 Å². The summed E-state index contributed by atoms with van der Waals surface area (Å²) in [5.74, 6) is 0.428. The fourth-order valence-corrected chi connectivity index (χ4v) is 3.35. The molecule has 0 unspecified atom stereocenters. The van der Waals surface area contributed by atoms with Crippen LogP contribution in [-0.2, 0) is 5.41 Å². The molecule has 2 aromatic carbocycles. The molecule has 124 valence electrons. The van der Waals surface area contributed by atoms with Crippen LogP contribution < -0.4 is 0 Å². The Kier molecular flexibility index (Phi) is 4.21. The third-order valence-electron chi connectivity index (χ3n) is 4.63. The molecule has 0 bridgehead atoms. The monoisotopic (exact) mass is 317 g/mol. The highest BCUT2D eigenvalue weighted by atomic mass is 14.7. The van der Waals surface area contributed by atoms with E-state index in [2.05, 4.69) is 84.0 Å². The first-order valence-electron chi connectivity index (χ1n) is 8.77.